The molecule has 0 amide bonds. The molecule has 0 aromatic heterocycles. The smallest absolute Gasteiger partial charge is 0.255 e. The van der Waals surface area contributed by atoms with Gasteiger partial charge in [-0.25, -0.2) is 0 Å². The maximum absolute atomic E-state index is 4.37. The largest absolute Gasteiger partial charge is 0.264 e. The van der Waals surface area contributed by atoms with Crippen LogP contribution in [0.4, 0.5) is 0 Å². The van der Waals surface area contributed by atoms with Gasteiger partial charge in [0.05, 0.1) is 5.92 Å². The molecular formula is C8H12N2+. The van der Waals surface area contributed by atoms with Crippen molar-refractivity contribution >= 4 is 5.71 Å². The van der Waals surface area contributed by atoms with Gasteiger partial charge in [-0.1, -0.05) is 6.08 Å². The van der Waals surface area contributed by atoms with Crippen molar-refractivity contribution in [3.63, 3.8) is 0 Å². The minimum Gasteiger partial charge on any atom is -0.255 e. The molecular weight excluding hydrogens is 124 g/mol. The van der Waals surface area contributed by atoms with Crippen LogP contribution in [0.25, 0.3) is 0 Å². The molecule has 2 rings (SSSR count). The number of rotatable bonds is 0. The van der Waals surface area contributed by atoms with Crippen LogP contribution in [0.15, 0.2) is 12.2 Å². The Morgan fingerprint density at radius 3 is 3.50 bits per heavy atom. The molecule has 10 heavy (non-hydrogen) atoms. The Bertz CT molecular complexity index is 182. The molecule has 0 spiro atoms. The van der Waals surface area contributed by atoms with Crippen LogP contribution in [0.2, 0.25) is 0 Å². The van der Waals surface area contributed by atoms with E-state index in [4.69, 9.17) is 0 Å². The molecule has 2 heteroatoms. The molecule has 0 aromatic rings. The minimum atomic E-state index is 0.707. The number of hydrogen-bond acceptors (Lipinski definition) is 2. The molecule has 1 atom stereocenters. The average molecular weight is 136 g/mol. The van der Waals surface area contributed by atoms with Gasteiger partial charge in [-0.15, -0.1) is 0 Å². The Morgan fingerprint density at radius 2 is 2.60 bits per heavy atom. The predicted molar refractivity (Wildman–Crippen MR) is 41.9 cm³/mol. The van der Waals surface area contributed by atoms with E-state index in [9.17, 15) is 0 Å². The molecule has 1 aliphatic heterocycles. The van der Waals surface area contributed by atoms with E-state index in [0.29, 0.717) is 5.92 Å². The van der Waals surface area contributed by atoms with Crippen LogP contribution in [0.1, 0.15) is 12.8 Å². The van der Waals surface area contributed by atoms with Gasteiger partial charge in [-0.05, 0) is 12.8 Å². The van der Waals surface area contributed by atoms with Gasteiger partial charge in [0.25, 0.3) is 12.4 Å². The highest BCUT2D eigenvalue weighted by Gasteiger charge is 2.27. The van der Waals surface area contributed by atoms with Crippen molar-refractivity contribution in [1.29, 1.82) is 0 Å². The van der Waals surface area contributed by atoms with Crippen LogP contribution < -0.4 is 10.3 Å². The summed E-state index contributed by atoms with van der Waals surface area (Å²) in [5.41, 5.74) is 1.31. The lowest BCUT2D eigenvalue weighted by molar-refractivity contribution is 0.511. The number of fused-ring (bicyclic) bond motifs is 1. The Kier molecular flexibility index (Phi) is 1.55. The van der Waals surface area contributed by atoms with E-state index in [1.807, 2.05) is 0 Å². The number of aliphatic imine (C=N–C) groups is 1. The fourth-order valence-corrected chi connectivity index (χ4v) is 1.56. The molecule has 53 valence electrons. The molecule has 0 saturated carbocycles. The first-order valence-corrected chi connectivity index (χ1v) is 3.88. The molecule has 1 aliphatic carbocycles. The zero-order chi connectivity index (χ0) is 6.81. The van der Waals surface area contributed by atoms with Gasteiger partial charge in [0.2, 0.25) is 0 Å². The highest BCUT2D eigenvalue weighted by Crippen LogP contribution is 2.14. The first kappa shape index (κ1) is 6.10. The number of hydrogen-bond donors (Lipinski definition) is 1. The summed E-state index contributed by atoms with van der Waals surface area (Å²) in [6.45, 7) is 1.94. The fraction of sp³-hybridized carbons (Fsp3) is 0.625. The third-order valence-electron chi connectivity index (χ3n) is 2.15. The fourth-order valence-electron chi connectivity index (χ4n) is 1.56. The van der Waals surface area contributed by atoms with Gasteiger partial charge in [0.15, 0.2) is 0 Å². The van der Waals surface area contributed by atoms with Crippen molar-refractivity contribution < 1.29 is 0 Å². The molecule has 1 N–H and O–H groups in total. The van der Waals surface area contributed by atoms with Crippen molar-refractivity contribution in [1.82, 2.24) is 10.3 Å². The standard InChI is InChI=1S/C8H12N2/c1-2-4-8-7(3-1)5-9-6-10-8/h2,4,7,9H,1,3,5-6H2/q+1. The molecule has 1 heterocycles. The van der Waals surface area contributed by atoms with Crippen LogP contribution >= 0.6 is 0 Å². The molecule has 2 aliphatic rings. The lowest BCUT2D eigenvalue weighted by Crippen LogP contribution is -2.39. The molecule has 0 saturated heterocycles. The first-order valence-electron chi connectivity index (χ1n) is 3.88. The van der Waals surface area contributed by atoms with E-state index in [2.05, 4.69) is 22.5 Å². The number of nitrogens with zero attached hydrogens (tertiary/aromatic N) is 1. The van der Waals surface area contributed by atoms with Crippen molar-refractivity contribution in [2.24, 2.45) is 5.92 Å². The van der Waals surface area contributed by atoms with Gasteiger partial charge in [0, 0.05) is 17.6 Å². The molecule has 0 fully saturated rings. The van der Waals surface area contributed by atoms with Crippen LogP contribution in [0, 0.1) is 5.92 Å². The summed E-state index contributed by atoms with van der Waals surface area (Å²) >= 11 is 0. The van der Waals surface area contributed by atoms with Gasteiger partial charge in [-0.2, -0.15) is 0 Å². The third-order valence-corrected chi connectivity index (χ3v) is 2.15. The lowest BCUT2D eigenvalue weighted by atomic mass is 9.91. The maximum atomic E-state index is 4.37. The zero-order valence-electron chi connectivity index (χ0n) is 6.01. The summed E-state index contributed by atoms with van der Waals surface area (Å²) in [6.07, 6.45) is 6.91. The predicted octanol–water partition coefficient (Wildman–Crippen LogP) is 0.290. The lowest BCUT2D eigenvalue weighted by Gasteiger charge is -2.16. The van der Waals surface area contributed by atoms with Crippen molar-refractivity contribution in [2.45, 2.75) is 12.8 Å². The van der Waals surface area contributed by atoms with Crippen molar-refractivity contribution in [3.8, 4) is 0 Å². The molecule has 0 aromatic carbocycles. The molecule has 0 bridgehead atoms. The molecule has 1 radical (unpaired) electrons. The van der Waals surface area contributed by atoms with E-state index in [-0.39, 0.29) is 0 Å². The number of allylic oxidation sites excluding steroid dienone is 2. The Balaban J connectivity index is 2.21. The third kappa shape index (κ3) is 0.991. The topological polar surface area (TPSA) is 26.1 Å². The van der Waals surface area contributed by atoms with Gasteiger partial charge in [0.1, 0.15) is 0 Å². The van der Waals surface area contributed by atoms with Gasteiger partial charge < -0.3 is 0 Å². The van der Waals surface area contributed by atoms with Gasteiger partial charge >= 0.3 is 0 Å². The Hall–Kier alpha value is -0.630. The van der Waals surface area contributed by atoms with E-state index < -0.39 is 0 Å². The summed E-state index contributed by atoms with van der Waals surface area (Å²) in [5.74, 6) is 0.707. The van der Waals surface area contributed by atoms with Crippen LogP contribution in [-0.4, -0.2) is 18.9 Å². The van der Waals surface area contributed by atoms with Crippen LogP contribution in [0.3, 0.4) is 0 Å². The van der Waals surface area contributed by atoms with Crippen molar-refractivity contribution in [2.75, 3.05) is 13.2 Å². The SMILES string of the molecule is C1=CC2=[N+]CNCC2CC1. The Labute approximate surface area is 61.0 Å². The second-order valence-electron chi connectivity index (χ2n) is 2.87. The highest BCUT2D eigenvalue weighted by atomic mass is 15.0. The second kappa shape index (κ2) is 2.54. The van der Waals surface area contributed by atoms with E-state index >= 15 is 0 Å². The zero-order valence-corrected chi connectivity index (χ0v) is 6.01. The first-order chi connectivity index (χ1) is 4.97. The minimum absolute atomic E-state index is 0.707. The summed E-state index contributed by atoms with van der Waals surface area (Å²) < 4.78 is 0. The molecule has 2 nitrogen and oxygen atoms in total. The van der Waals surface area contributed by atoms with Gasteiger partial charge in [-0.3, -0.25) is 5.32 Å². The van der Waals surface area contributed by atoms with Crippen molar-refractivity contribution in [3.05, 3.63) is 12.2 Å². The quantitative estimate of drug-likeness (QED) is 0.509. The maximum Gasteiger partial charge on any atom is 0.264 e. The van der Waals surface area contributed by atoms with E-state index in [0.717, 1.165) is 13.2 Å². The molecule has 1 unspecified atom stereocenters. The number of nitrogens with one attached hydrogen (secondary N) is 1. The second-order valence-corrected chi connectivity index (χ2v) is 2.87. The van der Waals surface area contributed by atoms with E-state index in [1.54, 1.807) is 0 Å². The summed E-state index contributed by atoms with van der Waals surface area (Å²) in [7, 11) is 0. The van der Waals surface area contributed by atoms with Crippen LogP contribution in [-0.2, 0) is 0 Å². The monoisotopic (exact) mass is 136 g/mol. The van der Waals surface area contributed by atoms with Crippen LogP contribution in [0.5, 0.6) is 0 Å². The summed E-state index contributed by atoms with van der Waals surface area (Å²) in [6, 6.07) is 0. The van der Waals surface area contributed by atoms with E-state index in [1.165, 1.54) is 18.6 Å². The Morgan fingerprint density at radius 1 is 1.60 bits per heavy atom. The highest BCUT2D eigenvalue weighted by molar-refractivity contribution is 5.97. The normalized spacial score (nSPS) is 31.2. The average Bonchev–Trinajstić information content (AvgIpc) is 2.05. The summed E-state index contributed by atoms with van der Waals surface area (Å²) in [5, 5.41) is 3.26. The summed E-state index contributed by atoms with van der Waals surface area (Å²) in [4.78, 5) is 4.37.